The second kappa shape index (κ2) is 8.73. The molecule has 7 nitrogen and oxygen atoms in total. The fourth-order valence-electron chi connectivity index (χ4n) is 2.68. The standard InChI is InChI=1S/C21H21N5O2/c1-14(2)15-5-4-6-16(9-15)25-21(24-12-22)26-17-7-8-18(19(10-17)27-3)20-11-23-13-28-20/h4-11,13-14H,1-3H3,(H2,24,25,26). The maximum Gasteiger partial charge on any atom is 0.214 e. The molecule has 0 spiro atoms. The highest BCUT2D eigenvalue weighted by Gasteiger charge is 2.11. The Balaban J connectivity index is 1.90. The van der Waals surface area contributed by atoms with Crippen LogP contribution in [0, 0.1) is 11.5 Å². The molecule has 0 radical (unpaired) electrons. The number of nitriles is 1. The number of hydrogen-bond acceptors (Lipinski definition) is 5. The van der Waals surface area contributed by atoms with Crippen LogP contribution in [0.25, 0.3) is 11.3 Å². The van der Waals surface area contributed by atoms with E-state index < -0.39 is 0 Å². The third-order valence-electron chi connectivity index (χ3n) is 4.11. The summed E-state index contributed by atoms with van der Waals surface area (Å²) in [6.45, 7) is 4.26. The molecule has 7 heteroatoms. The average molecular weight is 375 g/mol. The minimum absolute atomic E-state index is 0.317. The Hall–Kier alpha value is -3.79. The molecule has 0 bridgehead atoms. The van der Waals surface area contributed by atoms with Crippen molar-refractivity contribution in [3.63, 3.8) is 0 Å². The normalized spacial score (nSPS) is 11.2. The van der Waals surface area contributed by atoms with Gasteiger partial charge in [-0.2, -0.15) is 5.26 Å². The Morgan fingerprint density at radius 3 is 2.79 bits per heavy atom. The molecule has 0 fully saturated rings. The van der Waals surface area contributed by atoms with Crippen LogP contribution >= 0.6 is 0 Å². The number of ether oxygens (including phenoxy) is 1. The molecule has 0 unspecified atom stereocenters. The van der Waals surface area contributed by atoms with E-state index in [1.165, 1.54) is 12.0 Å². The number of nitrogens with one attached hydrogen (secondary N) is 2. The lowest BCUT2D eigenvalue weighted by Crippen LogP contribution is -2.26. The molecule has 1 aromatic heterocycles. The lowest BCUT2D eigenvalue weighted by Gasteiger charge is -2.12. The molecule has 0 aliphatic heterocycles. The van der Waals surface area contributed by atoms with E-state index in [9.17, 15) is 0 Å². The Kier molecular flexibility index (Phi) is 5.92. The van der Waals surface area contributed by atoms with Crippen molar-refractivity contribution in [3.05, 3.63) is 60.6 Å². The molecule has 0 amide bonds. The molecule has 3 aromatic rings. The van der Waals surface area contributed by atoms with Crippen molar-refractivity contribution in [1.29, 1.82) is 5.26 Å². The number of anilines is 1. The number of aromatic nitrogens is 1. The second-order valence-corrected chi connectivity index (χ2v) is 6.35. The molecule has 28 heavy (non-hydrogen) atoms. The second-order valence-electron chi connectivity index (χ2n) is 6.35. The average Bonchev–Trinajstić information content (AvgIpc) is 3.23. The van der Waals surface area contributed by atoms with Gasteiger partial charge in [0.25, 0.3) is 0 Å². The molecule has 0 aliphatic carbocycles. The smallest absolute Gasteiger partial charge is 0.214 e. The molecule has 1 heterocycles. The minimum atomic E-state index is 0.317. The minimum Gasteiger partial charge on any atom is -0.496 e. The van der Waals surface area contributed by atoms with E-state index in [1.807, 2.05) is 36.5 Å². The summed E-state index contributed by atoms with van der Waals surface area (Å²) in [6, 6.07) is 13.4. The van der Waals surface area contributed by atoms with Gasteiger partial charge in [0, 0.05) is 11.8 Å². The van der Waals surface area contributed by atoms with Gasteiger partial charge in [0.2, 0.25) is 5.96 Å². The van der Waals surface area contributed by atoms with E-state index in [0.29, 0.717) is 29.1 Å². The first-order valence-electron chi connectivity index (χ1n) is 8.78. The van der Waals surface area contributed by atoms with Crippen LogP contribution in [0.4, 0.5) is 11.4 Å². The first-order chi connectivity index (χ1) is 13.6. The third kappa shape index (κ3) is 4.48. The maximum atomic E-state index is 9.08. The fourth-order valence-corrected chi connectivity index (χ4v) is 2.68. The quantitative estimate of drug-likeness (QED) is 0.292. The number of rotatable bonds is 5. The van der Waals surface area contributed by atoms with E-state index in [0.717, 1.165) is 11.3 Å². The summed E-state index contributed by atoms with van der Waals surface area (Å²) < 4.78 is 10.8. The lowest BCUT2D eigenvalue weighted by atomic mass is 10.0. The molecule has 0 saturated heterocycles. The zero-order valence-corrected chi connectivity index (χ0v) is 15.9. The molecule has 2 N–H and O–H groups in total. The monoisotopic (exact) mass is 375 g/mol. The Morgan fingerprint density at radius 1 is 1.25 bits per heavy atom. The topological polar surface area (TPSA) is 95.5 Å². The van der Waals surface area contributed by atoms with Crippen LogP contribution in [0.5, 0.6) is 5.75 Å². The van der Waals surface area contributed by atoms with Crippen LogP contribution in [0.1, 0.15) is 25.3 Å². The summed E-state index contributed by atoms with van der Waals surface area (Å²) >= 11 is 0. The van der Waals surface area contributed by atoms with E-state index in [1.54, 1.807) is 19.4 Å². The zero-order chi connectivity index (χ0) is 19.9. The van der Waals surface area contributed by atoms with Gasteiger partial charge in [-0.15, -0.1) is 0 Å². The van der Waals surface area contributed by atoms with Gasteiger partial charge >= 0.3 is 0 Å². The van der Waals surface area contributed by atoms with Crippen LogP contribution in [-0.2, 0) is 0 Å². The molecular formula is C21H21N5O2. The first-order valence-corrected chi connectivity index (χ1v) is 8.78. The molecular weight excluding hydrogens is 354 g/mol. The van der Waals surface area contributed by atoms with Crippen molar-refractivity contribution in [2.45, 2.75) is 19.8 Å². The number of aliphatic imine (C=N–C) groups is 1. The summed E-state index contributed by atoms with van der Waals surface area (Å²) in [7, 11) is 1.58. The number of nitrogens with zero attached hydrogens (tertiary/aromatic N) is 3. The molecule has 0 aliphatic rings. The summed E-state index contributed by atoms with van der Waals surface area (Å²) in [5.74, 6) is 1.92. The SMILES string of the molecule is COc1cc(N=C(NC#N)Nc2cccc(C(C)C)c2)ccc1-c1cnco1. The van der Waals surface area contributed by atoms with Crippen molar-refractivity contribution in [2.24, 2.45) is 4.99 Å². The van der Waals surface area contributed by atoms with Crippen molar-refractivity contribution in [1.82, 2.24) is 10.3 Å². The van der Waals surface area contributed by atoms with Crippen LogP contribution in [-0.4, -0.2) is 18.1 Å². The van der Waals surface area contributed by atoms with Crippen LogP contribution in [0.15, 0.2) is 64.5 Å². The predicted octanol–water partition coefficient (Wildman–Crippen LogP) is 4.64. The maximum absolute atomic E-state index is 9.08. The van der Waals surface area contributed by atoms with Gasteiger partial charge in [-0.3, -0.25) is 5.32 Å². The Bertz CT molecular complexity index is 1000. The molecule has 3 rings (SSSR count). The van der Waals surface area contributed by atoms with Gasteiger partial charge in [-0.05, 0) is 35.7 Å². The van der Waals surface area contributed by atoms with Crippen molar-refractivity contribution in [2.75, 3.05) is 12.4 Å². The van der Waals surface area contributed by atoms with E-state index in [4.69, 9.17) is 14.4 Å². The highest BCUT2D eigenvalue weighted by atomic mass is 16.5. The van der Waals surface area contributed by atoms with Crippen molar-refractivity contribution >= 4 is 17.3 Å². The fraction of sp³-hybridized carbons (Fsp3) is 0.190. The number of hydrogen-bond donors (Lipinski definition) is 2. The van der Waals surface area contributed by atoms with Gasteiger partial charge in [0.05, 0.1) is 24.6 Å². The van der Waals surface area contributed by atoms with Gasteiger partial charge in [0.1, 0.15) is 5.75 Å². The van der Waals surface area contributed by atoms with Crippen LogP contribution < -0.4 is 15.4 Å². The molecule has 0 saturated carbocycles. The van der Waals surface area contributed by atoms with Crippen LogP contribution in [0.3, 0.4) is 0 Å². The van der Waals surface area contributed by atoms with E-state index in [-0.39, 0.29) is 0 Å². The number of guanidine groups is 1. The first kappa shape index (κ1) is 19.0. The van der Waals surface area contributed by atoms with Gasteiger partial charge in [-0.1, -0.05) is 26.0 Å². The Morgan fingerprint density at radius 2 is 2.11 bits per heavy atom. The zero-order valence-electron chi connectivity index (χ0n) is 15.9. The summed E-state index contributed by atoms with van der Waals surface area (Å²) in [5, 5.41) is 14.8. The van der Waals surface area contributed by atoms with Gasteiger partial charge < -0.3 is 14.5 Å². The molecule has 0 atom stereocenters. The van der Waals surface area contributed by atoms with Crippen molar-refractivity contribution in [3.8, 4) is 23.3 Å². The number of methoxy groups -OCH3 is 1. The lowest BCUT2D eigenvalue weighted by molar-refractivity contribution is 0.415. The summed E-state index contributed by atoms with van der Waals surface area (Å²) in [5.41, 5.74) is 3.43. The van der Waals surface area contributed by atoms with Crippen molar-refractivity contribution < 1.29 is 9.15 Å². The van der Waals surface area contributed by atoms with E-state index in [2.05, 4.69) is 40.5 Å². The van der Waals surface area contributed by atoms with Gasteiger partial charge in [0.15, 0.2) is 18.3 Å². The largest absolute Gasteiger partial charge is 0.496 e. The highest BCUT2D eigenvalue weighted by molar-refractivity contribution is 5.96. The predicted molar refractivity (Wildman–Crippen MR) is 108 cm³/mol. The highest BCUT2D eigenvalue weighted by Crippen LogP contribution is 2.33. The number of oxazole rings is 1. The molecule has 142 valence electrons. The van der Waals surface area contributed by atoms with Gasteiger partial charge in [-0.25, -0.2) is 9.98 Å². The summed E-state index contributed by atoms with van der Waals surface area (Å²) in [6.07, 6.45) is 4.89. The van der Waals surface area contributed by atoms with Crippen LogP contribution in [0.2, 0.25) is 0 Å². The molecule has 2 aromatic carbocycles. The Labute approximate surface area is 163 Å². The van der Waals surface area contributed by atoms with E-state index >= 15 is 0 Å². The summed E-state index contributed by atoms with van der Waals surface area (Å²) in [4.78, 5) is 8.42. The third-order valence-corrected chi connectivity index (χ3v) is 4.11. The number of benzene rings is 2.